The van der Waals surface area contributed by atoms with E-state index in [1.54, 1.807) is 0 Å². The number of aromatic nitrogens is 2. The van der Waals surface area contributed by atoms with Crippen molar-refractivity contribution in [2.45, 2.75) is 19.7 Å². The van der Waals surface area contributed by atoms with Gasteiger partial charge in [-0.3, -0.25) is 9.59 Å². The molecule has 0 spiro atoms. The number of hydrogen-bond acceptors (Lipinski definition) is 5. The van der Waals surface area contributed by atoms with Crippen LogP contribution in [0.4, 0.5) is 13.2 Å². The van der Waals surface area contributed by atoms with Crippen LogP contribution in [0.5, 0.6) is 5.75 Å². The third-order valence-electron chi connectivity index (χ3n) is 4.16. The molecule has 164 valence electrons. The first-order valence-electron chi connectivity index (χ1n) is 8.64. The molecule has 0 aliphatic heterocycles. The Kier molecular flexibility index (Phi) is 7.00. The summed E-state index contributed by atoms with van der Waals surface area (Å²) in [5.74, 6) is -2.37. The number of carboxylic acids is 2. The van der Waals surface area contributed by atoms with E-state index in [4.69, 9.17) is 10.2 Å². The Labute approximate surface area is 173 Å². The molecular formula is C20H17F3N2O6. The van der Waals surface area contributed by atoms with Gasteiger partial charge in [0.2, 0.25) is 0 Å². The molecule has 31 heavy (non-hydrogen) atoms. The van der Waals surface area contributed by atoms with Gasteiger partial charge in [0, 0.05) is 11.8 Å². The molecule has 2 aromatic rings. The minimum atomic E-state index is -4.71. The average Bonchev–Trinajstić information content (AvgIpc) is 3.17. The van der Waals surface area contributed by atoms with Crippen molar-refractivity contribution in [1.82, 2.24) is 9.78 Å². The summed E-state index contributed by atoms with van der Waals surface area (Å²) in [5.41, 5.74) is -0.0432. The van der Waals surface area contributed by atoms with Gasteiger partial charge in [-0.1, -0.05) is 18.2 Å². The first-order chi connectivity index (χ1) is 14.4. The Balaban J connectivity index is 0.000000233. The predicted molar refractivity (Wildman–Crippen MR) is 101 cm³/mol. The van der Waals surface area contributed by atoms with E-state index in [0.717, 1.165) is 0 Å². The lowest BCUT2D eigenvalue weighted by atomic mass is 9.80. The van der Waals surface area contributed by atoms with Crippen LogP contribution >= 0.6 is 0 Å². The van der Waals surface area contributed by atoms with Crippen molar-refractivity contribution in [3.05, 3.63) is 66.0 Å². The highest BCUT2D eigenvalue weighted by Crippen LogP contribution is 2.31. The molecule has 1 aromatic heterocycles. The normalized spacial score (nSPS) is 17.7. The van der Waals surface area contributed by atoms with Gasteiger partial charge in [0.15, 0.2) is 6.29 Å². The monoisotopic (exact) mass is 438 g/mol. The number of carbonyl (C=O) groups excluding carboxylic acids is 1. The molecule has 1 atom stereocenters. The van der Waals surface area contributed by atoms with Crippen LogP contribution < -0.4 is 4.74 Å². The third kappa shape index (κ3) is 6.56. The zero-order valence-electron chi connectivity index (χ0n) is 16.0. The average molecular weight is 438 g/mol. The van der Waals surface area contributed by atoms with E-state index in [0.29, 0.717) is 17.5 Å². The number of aliphatic carboxylic acids is 2. The lowest BCUT2D eigenvalue weighted by Crippen LogP contribution is -2.28. The number of aldehydes is 1. The lowest BCUT2D eigenvalue weighted by Gasteiger charge is -2.23. The van der Waals surface area contributed by atoms with Gasteiger partial charge in [0.25, 0.3) is 0 Å². The van der Waals surface area contributed by atoms with Crippen LogP contribution in [0.2, 0.25) is 0 Å². The first-order valence-corrected chi connectivity index (χ1v) is 8.64. The molecule has 0 amide bonds. The van der Waals surface area contributed by atoms with E-state index >= 15 is 0 Å². The Bertz CT molecular complexity index is 1020. The van der Waals surface area contributed by atoms with Crippen LogP contribution in [-0.4, -0.2) is 44.6 Å². The zero-order chi connectivity index (χ0) is 23.2. The van der Waals surface area contributed by atoms with E-state index < -0.39 is 23.7 Å². The fourth-order valence-corrected chi connectivity index (χ4v) is 2.52. The van der Waals surface area contributed by atoms with Gasteiger partial charge in [-0.2, -0.15) is 5.10 Å². The maximum atomic E-state index is 11.9. The number of hydrogen-bond donors (Lipinski definition) is 2. The molecule has 0 bridgehead atoms. The molecule has 0 radical (unpaired) electrons. The summed E-state index contributed by atoms with van der Waals surface area (Å²) in [6.45, 7) is 1.50. The summed E-state index contributed by atoms with van der Waals surface area (Å²) in [5, 5.41) is 21.4. The summed E-state index contributed by atoms with van der Waals surface area (Å²) in [6, 6.07) is 5.15. The fraction of sp³-hybridized carbons (Fsp3) is 0.200. The molecule has 1 heterocycles. The Morgan fingerprint density at radius 1 is 1.23 bits per heavy atom. The molecule has 8 nitrogen and oxygen atoms in total. The molecule has 1 aromatic carbocycles. The van der Waals surface area contributed by atoms with Crippen molar-refractivity contribution in [2.75, 3.05) is 0 Å². The number of alkyl halides is 3. The van der Waals surface area contributed by atoms with Gasteiger partial charge in [0.1, 0.15) is 5.75 Å². The first kappa shape index (κ1) is 23.4. The smallest absolute Gasteiger partial charge is 0.481 e. The van der Waals surface area contributed by atoms with Gasteiger partial charge >= 0.3 is 18.3 Å². The highest BCUT2D eigenvalue weighted by Gasteiger charge is 2.34. The fourth-order valence-electron chi connectivity index (χ4n) is 2.52. The Morgan fingerprint density at radius 3 is 2.35 bits per heavy atom. The van der Waals surface area contributed by atoms with Crippen molar-refractivity contribution in [1.29, 1.82) is 0 Å². The van der Waals surface area contributed by atoms with Crippen molar-refractivity contribution in [2.24, 2.45) is 5.41 Å². The molecule has 11 heteroatoms. The van der Waals surface area contributed by atoms with Crippen LogP contribution in [0.25, 0.3) is 5.69 Å². The van der Waals surface area contributed by atoms with Crippen LogP contribution in [0, 0.1) is 5.41 Å². The number of rotatable bonds is 5. The van der Waals surface area contributed by atoms with E-state index in [1.807, 2.05) is 0 Å². The number of nitrogens with zero attached hydrogens (tertiary/aromatic N) is 2. The maximum absolute atomic E-state index is 11.9. The number of allylic oxidation sites excluding steroid dienone is 2. The number of ether oxygens (including phenoxy) is 1. The van der Waals surface area contributed by atoms with Crippen LogP contribution in [0.15, 0.2) is 60.5 Å². The molecule has 0 saturated heterocycles. The molecule has 3 rings (SSSR count). The maximum Gasteiger partial charge on any atom is 0.573 e. The Morgan fingerprint density at radius 2 is 1.87 bits per heavy atom. The van der Waals surface area contributed by atoms with Gasteiger partial charge in [0.05, 0.1) is 22.9 Å². The number of carbonyl (C=O) groups is 3. The molecular weight excluding hydrogens is 421 g/mol. The second kappa shape index (κ2) is 9.28. The summed E-state index contributed by atoms with van der Waals surface area (Å²) < 4.78 is 40.9. The van der Waals surface area contributed by atoms with E-state index in [2.05, 4.69) is 9.84 Å². The molecule has 1 aliphatic rings. The van der Waals surface area contributed by atoms with E-state index in [1.165, 1.54) is 66.5 Å². The predicted octanol–water partition coefficient (Wildman–Crippen LogP) is 3.63. The van der Waals surface area contributed by atoms with Crippen LogP contribution in [0.3, 0.4) is 0 Å². The number of carboxylic acid groups (broad SMARTS) is 2. The largest absolute Gasteiger partial charge is 0.573 e. The number of halogens is 3. The highest BCUT2D eigenvalue weighted by molar-refractivity contribution is 5.90. The van der Waals surface area contributed by atoms with Crippen LogP contribution in [0.1, 0.15) is 23.7 Å². The van der Waals surface area contributed by atoms with Gasteiger partial charge in [-0.15, -0.1) is 13.2 Å². The SMILES string of the molecule is CC1(C(=O)O)C=CC=C(C(=O)O)C1.O=Cc1cnn(-c2ccc(OC(F)(F)F)cc2)c1. The molecule has 2 N–H and O–H groups in total. The topological polar surface area (TPSA) is 119 Å². The molecule has 1 unspecified atom stereocenters. The van der Waals surface area contributed by atoms with Crippen LogP contribution in [-0.2, 0) is 9.59 Å². The van der Waals surface area contributed by atoms with E-state index in [-0.39, 0.29) is 17.7 Å². The minimum absolute atomic E-state index is 0.0359. The van der Waals surface area contributed by atoms with Gasteiger partial charge in [-0.25, -0.2) is 9.48 Å². The standard InChI is InChI=1S/C11H7F3N2O2.C9H10O4/c12-11(13,14)18-10-3-1-9(2-4-10)16-6-8(7-17)5-15-16;1-9(8(12)13)4-2-3-6(5-9)7(10)11/h1-7H;2-4H,5H2,1H3,(H,10,11)(H,12,13). The highest BCUT2D eigenvalue weighted by atomic mass is 19.4. The number of benzene rings is 1. The van der Waals surface area contributed by atoms with Gasteiger partial charge < -0.3 is 14.9 Å². The summed E-state index contributed by atoms with van der Waals surface area (Å²) >= 11 is 0. The van der Waals surface area contributed by atoms with Crippen molar-refractivity contribution in [3.8, 4) is 11.4 Å². The Hall–Kier alpha value is -3.89. The van der Waals surface area contributed by atoms with Crippen molar-refractivity contribution < 1.29 is 42.5 Å². The molecule has 1 aliphatic carbocycles. The van der Waals surface area contributed by atoms with Gasteiger partial charge in [-0.05, 0) is 37.6 Å². The van der Waals surface area contributed by atoms with Crippen molar-refractivity contribution >= 4 is 18.2 Å². The quantitative estimate of drug-likeness (QED) is 0.684. The summed E-state index contributed by atoms with van der Waals surface area (Å²) in [4.78, 5) is 31.8. The van der Waals surface area contributed by atoms with E-state index in [9.17, 15) is 27.6 Å². The minimum Gasteiger partial charge on any atom is -0.481 e. The second-order valence-electron chi connectivity index (χ2n) is 6.63. The summed E-state index contributed by atoms with van der Waals surface area (Å²) in [6.07, 6.45) is 3.17. The molecule has 0 saturated carbocycles. The third-order valence-corrected chi connectivity index (χ3v) is 4.16. The zero-order valence-corrected chi connectivity index (χ0v) is 16.0. The molecule has 0 fully saturated rings. The summed E-state index contributed by atoms with van der Waals surface area (Å²) in [7, 11) is 0. The second-order valence-corrected chi connectivity index (χ2v) is 6.63. The lowest BCUT2D eigenvalue weighted by molar-refractivity contribution is -0.274. The van der Waals surface area contributed by atoms with Crippen molar-refractivity contribution in [3.63, 3.8) is 0 Å².